The number of rotatable bonds is 1. The summed E-state index contributed by atoms with van der Waals surface area (Å²) in [5, 5.41) is 0. The molecule has 0 aliphatic heterocycles. The Labute approximate surface area is 101 Å². The topological polar surface area (TPSA) is 40.1 Å². The molecule has 0 radical (unpaired) electrons. The second-order valence-electron chi connectivity index (χ2n) is 2.60. The molecule has 0 N–H and O–H groups in total. The average molecular weight is 210 g/mol. The minimum atomic E-state index is -2.28. The third kappa shape index (κ3) is 3.14. The molecule has 66 valence electrons. The molecule has 2 nitrogen and oxygen atoms in total. The van der Waals surface area contributed by atoms with Crippen molar-refractivity contribution in [3.8, 4) is 0 Å². The van der Waals surface area contributed by atoms with Crippen molar-refractivity contribution in [2.24, 2.45) is 0 Å². The Morgan fingerprint density at radius 2 is 1.69 bits per heavy atom. The van der Waals surface area contributed by atoms with Gasteiger partial charge in [0.25, 0.3) is 0 Å². The summed E-state index contributed by atoms with van der Waals surface area (Å²) >= 11 is -2.28. The van der Waals surface area contributed by atoms with Crippen LogP contribution in [0.5, 0.6) is 0 Å². The molecule has 0 spiro atoms. The van der Waals surface area contributed by atoms with Crippen LogP contribution in [0.15, 0.2) is 17.0 Å². The van der Waals surface area contributed by atoms with Crippen molar-refractivity contribution < 1.29 is 42.7 Å². The van der Waals surface area contributed by atoms with Gasteiger partial charge in [-0.05, 0) is 48.2 Å². The van der Waals surface area contributed by atoms with E-state index in [-0.39, 0.29) is 34.5 Å². The molecule has 1 rings (SSSR count). The Balaban J connectivity index is 0.00000144. The molecular formula is C8H8FNaO2S. The summed E-state index contributed by atoms with van der Waals surface area (Å²) in [6, 6.07) is 2.41. The van der Waals surface area contributed by atoms with Crippen molar-refractivity contribution in [1.29, 1.82) is 0 Å². The summed E-state index contributed by atoms with van der Waals surface area (Å²) in [5.74, 6) is -0.404. The van der Waals surface area contributed by atoms with E-state index in [1.807, 2.05) is 0 Å². The molecular weight excluding hydrogens is 202 g/mol. The van der Waals surface area contributed by atoms with Gasteiger partial charge >= 0.3 is 29.6 Å². The van der Waals surface area contributed by atoms with E-state index >= 15 is 0 Å². The summed E-state index contributed by atoms with van der Waals surface area (Å²) in [6.45, 7) is 3.14. The van der Waals surface area contributed by atoms with Crippen LogP contribution in [0.2, 0.25) is 0 Å². The first kappa shape index (κ1) is 13.3. The molecule has 0 aliphatic rings. The van der Waals surface area contributed by atoms with Crippen LogP contribution in [-0.2, 0) is 11.1 Å². The maximum Gasteiger partial charge on any atom is 1.00 e. The summed E-state index contributed by atoms with van der Waals surface area (Å²) < 4.78 is 33.9. The van der Waals surface area contributed by atoms with Crippen molar-refractivity contribution >= 4 is 11.1 Å². The molecule has 0 bridgehead atoms. The minimum absolute atomic E-state index is 0. The van der Waals surface area contributed by atoms with E-state index in [1.165, 1.54) is 12.1 Å². The molecule has 0 saturated heterocycles. The number of aryl methyl sites for hydroxylation is 2. The zero-order valence-electron chi connectivity index (χ0n) is 7.76. The van der Waals surface area contributed by atoms with Gasteiger partial charge in [-0.15, -0.1) is 0 Å². The van der Waals surface area contributed by atoms with Gasteiger partial charge in [-0.2, -0.15) is 0 Å². The molecule has 1 aromatic rings. The SMILES string of the molecule is Cc1cc(F)cc(C)c1S(=O)[O-].[Na+]. The first-order valence-electron chi connectivity index (χ1n) is 3.38. The molecule has 0 aromatic heterocycles. The molecule has 1 aromatic carbocycles. The van der Waals surface area contributed by atoms with Gasteiger partial charge in [0.2, 0.25) is 0 Å². The molecule has 0 aliphatic carbocycles. The van der Waals surface area contributed by atoms with Gasteiger partial charge in [0.05, 0.1) is 0 Å². The maximum absolute atomic E-state index is 12.7. The Hall–Kier alpha value is 0.260. The molecule has 13 heavy (non-hydrogen) atoms. The van der Waals surface area contributed by atoms with Crippen LogP contribution < -0.4 is 29.6 Å². The van der Waals surface area contributed by atoms with Crippen molar-refractivity contribution in [2.75, 3.05) is 0 Å². The predicted molar refractivity (Wildman–Crippen MR) is 43.1 cm³/mol. The van der Waals surface area contributed by atoms with Crippen LogP contribution in [0, 0.1) is 19.7 Å². The Kier molecular flexibility index (Phi) is 5.32. The number of benzene rings is 1. The Bertz CT molecular complexity index is 318. The van der Waals surface area contributed by atoms with E-state index < -0.39 is 16.9 Å². The van der Waals surface area contributed by atoms with Crippen LogP contribution in [0.1, 0.15) is 11.1 Å². The third-order valence-electron chi connectivity index (χ3n) is 1.59. The van der Waals surface area contributed by atoms with E-state index in [4.69, 9.17) is 0 Å². The van der Waals surface area contributed by atoms with E-state index in [2.05, 4.69) is 0 Å². The predicted octanol–water partition coefficient (Wildman–Crippen LogP) is -1.32. The molecule has 0 heterocycles. The van der Waals surface area contributed by atoms with E-state index in [0.717, 1.165) is 0 Å². The fraction of sp³-hybridized carbons (Fsp3) is 0.250. The monoisotopic (exact) mass is 210 g/mol. The molecule has 1 atom stereocenters. The number of halogens is 1. The zero-order valence-corrected chi connectivity index (χ0v) is 10.6. The summed E-state index contributed by atoms with van der Waals surface area (Å²) in [5.41, 5.74) is 0.890. The maximum atomic E-state index is 12.7. The van der Waals surface area contributed by atoms with Gasteiger partial charge in [-0.25, -0.2) is 4.39 Å². The average Bonchev–Trinajstić information content (AvgIpc) is 1.82. The fourth-order valence-electron chi connectivity index (χ4n) is 1.16. The van der Waals surface area contributed by atoms with Gasteiger partial charge in [-0.3, -0.25) is 4.21 Å². The summed E-state index contributed by atoms with van der Waals surface area (Å²) in [4.78, 5) is 0.191. The number of hydrogen-bond donors (Lipinski definition) is 0. The van der Waals surface area contributed by atoms with E-state index in [1.54, 1.807) is 13.8 Å². The number of hydrogen-bond acceptors (Lipinski definition) is 2. The van der Waals surface area contributed by atoms with Crippen molar-refractivity contribution in [1.82, 2.24) is 0 Å². The van der Waals surface area contributed by atoms with Gasteiger partial charge in [-0.1, -0.05) is 0 Å². The zero-order chi connectivity index (χ0) is 9.30. The van der Waals surface area contributed by atoms with Gasteiger partial charge in [0.1, 0.15) is 5.82 Å². The van der Waals surface area contributed by atoms with Crippen molar-refractivity contribution in [2.45, 2.75) is 18.7 Å². The van der Waals surface area contributed by atoms with Gasteiger partial charge < -0.3 is 4.55 Å². The summed E-state index contributed by atoms with van der Waals surface area (Å²) in [7, 11) is 0. The van der Waals surface area contributed by atoms with Crippen molar-refractivity contribution in [3.63, 3.8) is 0 Å². The second kappa shape index (κ2) is 5.22. The Morgan fingerprint density at radius 3 is 2.00 bits per heavy atom. The van der Waals surface area contributed by atoms with Crippen LogP contribution >= 0.6 is 0 Å². The second-order valence-corrected chi connectivity index (χ2v) is 3.48. The van der Waals surface area contributed by atoms with Crippen LogP contribution in [-0.4, -0.2) is 8.76 Å². The largest absolute Gasteiger partial charge is 1.00 e. The quantitative estimate of drug-likeness (QED) is 0.426. The fourth-order valence-corrected chi connectivity index (χ4v) is 1.80. The first-order valence-corrected chi connectivity index (χ1v) is 4.46. The van der Waals surface area contributed by atoms with Crippen LogP contribution in [0.3, 0.4) is 0 Å². The molecule has 1 unspecified atom stereocenters. The van der Waals surface area contributed by atoms with E-state index in [9.17, 15) is 13.2 Å². The molecule has 0 fully saturated rings. The Morgan fingerprint density at radius 1 is 1.31 bits per heavy atom. The van der Waals surface area contributed by atoms with Gasteiger partial charge in [0.15, 0.2) is 0 Å². The third-order valence-corrected chi connectivity index (χ3v) is 2.57. The van der Waals surface area contributed by atoms with Gasteiger partial charge in [0, 0.05) is 4.90 Å². The minimum Gasteiger partial charge on any atom is -0.768 e. The normalized spacial score (nSPS) is 12.0. The smallest absolute Gasteiger partial charge is 0.768 e. The van der Waals surface area contributed by atoms with Crippen molar-refractivity contribution in [3.05, 3.63) is 29.1 Å². The summed E-state index contributed by atoms with van der Waals surface area (Å²) in [6.07, 6.45) is 0. The standard InChI is InChI=1S/C8H9FO2S.Na/c1-5-3-7(9)4-6(2)8(5)12(10)11;/h3-4H,1-2H3,(H,10,11);/q;+1/p-1. The first-order chi connectivity index (χ1) is 5.52. The van der Waals surface area contributed by atoms with Crippen LogP contribution in [0.25, 0.3) is 0 Å². The van der Waals surface area contributed by atoms with E-state index in [0.29, 0.717) is 11.1 Å². The van der Waals surface area contributed by atoms with Crippen LogP contribution in [0.4, 0.5) is 4.39 Å². The molecule has 0 saturated carbocycles. The molecule has 0 amide bonds. The molecule has 5 heteroatoms.